The van der Waals surface area contributed by atoms with Gasteiger partial charge in [0.05, 0.1) is 6.54 Å². The third kappa shape index (κ3) is 3.59. The molecule has 7 nitrogen and oxygen atoms in total. The highest BCUT2D eigenvalue weighted by Crippen LogP contribution is 2.21. The van der Waals surface area contributed by atoms with Crippen LogP contribution >= 0.6 is 0 Å². The Bertz CT molecular complexity index is 721. The molecule has 0 saturated carbocycles. The van der Waals surface area contributed by atoms with Crippen molar-refractivity contribution in [2.75, 3.05) is 13.1 Å². The van der Waals surface area contributed by atoms with Gasteiger partial charge in [-0.25, -0.2) is 13.1 Å². The van der Waals surface area contributed by atoms with E-state index in [0.29, 0.717) is 0 Å². The Morgan fingerprint density at radius 3 is 2.65 bits per heavy atom. The summed E-state index contributed by atoms with van der Waals surface area (Å²) in [5.41, 5.74) is 0.774. The second-order valence-electron chi connectivity index (χ2n) is 5.59. The van der Waals surface area contributed by atoms with E-state index in [9.17, 15) is 18.0 Å². The molecule has 2 atom stereocenters. The standard InChI is InChI=1S/C15H17N3O4S/c19-14-9-16-15(20)13-8-12(10-18(13)14)17-23(21,22)7-6-11-4-2-1-3-5-11/h1-7,12-13,17H,8-10H2,(H,16,20)/b7-6+/t12-,13-/m0/s1. The number of carbonyl (C=O) groups is 2. The van der Waals surface area contributed by atoms with Gasteiger partial charge in [0.25, 0.3) is 0 Å². The Hall–Kier alpha value is -2.19. The number of amides is 2. The topological polar surface area (TPSA) is 95.6 Å². The number of fused-ring (bicyclic) bond motifs is 1. The lowest BCUT2D eigenvalue weighted by atomic mass is 10.1. The molecular formula is C15H17N3O4S. The van der Waals surface area contributed by atoms with Gasteiger partial charge in [0.1, 0.15) is 6.04 Å². The molecular weight excluding hydrogens is 318 g/mol. The molecule has 0 aromatic heterocycles. The molecule has 2 heterocycles. The molecule has 122 valence electrons. The number of hydrogen-bond donors (Lipinski definition) is 2. The van der Waals surface area contributed by atoms with Gasteiger partial charge in [-0.1, -0.05) is 30.3 Å². The van der Waals surface area contributed by atoms with Crippen LogP contribution in [0.4, 0.5) is 0 Å². The second kappa shape index (κ2) is 6.13. The number of carbonyl (C=O) groups excluding carboxylic acids is 2. The van der Waals surface area contributed by atoms with Crippen molar-refractivity contribution < 1.29 is 18.0 Å². The van der Waals surface area contributed by atoms with Gasteiger partial charge in [0.2, 0.25) is 21.8 Å². The average molecular weight is 335 g/mol. The smallest absolute Gasteiger partial charge is 0.243 e. The van der Waals surface area contributed by atoms with Crippen LogP contribution in [0.15, 0.2) is 35.7 Å². The van der Waals surface area contributed by atoms with Crippen molar-refractivity contribution in [2.45, 2.75) is 18.5 Å². The largest absolute Gasteiger partial charge is 0.345 e. The maximum Gasteiger partial charge on any atom is 0.243 e. The van der Waals surface area contributed by atoms with E-state index in [-0.39, 0.29) is 31.3 Å². The zero-order valence-electron chi connectivity index (χ0n) is 12.3. The minimum Gasteiger partial charge on any atom is -0.345 e. The average Bonchev–Trinajstić information content (AvgIpc) is 2.94. The van der Waals surface area contributed by atoms with Crippen molar-refractivity contribution in [3.05, 3.63) is 41.3 Å². The summed E-state index contributed by atoms with van der Waals surface area (Å²) in [6.07, 6.45) is 1.79. The molecule has 0 spiro atoms. The van der Waals surface area contributed by atoms with Crippen LogP contribution in [0.2, 0.25) is 0 Å². The van der Waals surface area contributed by atoms with Gasteiger partial charge in [-0.3, -0.25) is 9.59 Å². The molecule has 2 aliphatic rings. The van der Waals surface area contributed by atoms with E-state index in [1.165, 1.54) is 11.0 Å². The predicted molar refractivity (Wildman–Crippen MR) is 84.4 cm³/mol. The van der Waals surface area contributed by atoms with Crippen molar-refractivity contribution in [1.29, 1.82) is 0 Å². The molecule has 1 aromatic rings. The fraction of sp³-hybridized carbons (Fsp3) is 0.333. The lowest BCUT2D eigenvalue weighted by molar-refractivity contribution is -0.143. The minimum absolute atomic E-state index is 0.0251. The second-order valence-corrected chi connectivity index (χ2v) is 7.19. The van der Waals surface area contributed by atoms with E-state index >= 15 is 0 Å². The number of nitrogens with one attached hydrogen (secondary N) is 2. The van der Waals surface area contributed by atoms with Crippen molar-refractivity contribution in [2.24, 2.45) is 0 Å². The van der Waals surface area contributed by atoms with Gasteiger partial charge in [-0.05, 0) is 18.1 Å². The summed E-state index contributed by atoms with van der Waals surface area (Å²) < 4.78 is 26.8. The fourth-order valence-corrected chi connectivity index (χ4v) is 3.88. The van der Waals surface area contributed by atoms with Gasteiger partial charge < -0.3 is 10.2 Å². The molecule has 3 rings (SSSR count). The van der Waals surface area contributed by atoms with Gasteiger partial charge in [-0.15, -0.1) is 0 Å². The van der Waals surface area contributed by atoms with Crippen molar-refractivity contribution in [3.8, 4) is 0 Å². The summed E-state index contributed by atoms with van der Waals surface area (Å²) in [6, 6.07) is 8.04. The molecule has 2 N–H and O–H groups in total. The van der Waals surface area contributed by atoms with Crippen LogP contribution in [-0.2, 0) is 19.6 Å². The van der Waals surface area contributed by atoms with E-state index in [0.717, 1.165) is 11.0 Å². The van der Waals surface area contributed by atoms with Crippen molar-refractivity contribution in [3.63, 3.8) is 0 Å². The Morgan fingerprint density at radius 2 is 1.96 bits per heavy atom. The molecule has 0 radical (unpaired) electrons. The molecule has 2 amide bonds. The molecule has 0 unspecified atom stereocenters. The lowest BCUT2D eigenvalue weighted by Crippen LogP contribution is -2.55. The molecule has 2 aliphatic heterocycles. The lowest BCUT2D eigenvalue weighted by Gasteiger charge is -2.28. The van der Waals surface area contributed by atoms with Gasteiger partial charge in [0.15, 0.2) is 0 Å². The van der Waals surface area contributed by atoms with Crippen LogP contribution in [0, 0.1) is 0 Å². The first kappa shape index (κ1) is 15.7. The van der Waals surface area contributed by atoms with Crippen molar-refractivity contribution in [1.82, 2.24) is 14.9 Å². The van der Waals surface area contributed by atoms with Gasteiger partial charge in [0, 0.05) is 18.0 Å². The summed E-state index contributed by atoms with van der Waals surface area (Å²) >= 11 is 0. The maximum absolute atomic E-state index is 12.1. The van der Waals surface area contributed by atoms with Gasteiger partial charge in [-0.2, -0.15) is 0 Å². The summed E-state index contributed by atoms with van der Waals surface area (Å²) in [6.45, 7) is 0.193. The predicted octanol–water partition coefficient (Wildman–Crippen LogP) is -0.324. The van der Waals surface area contributed by atoms with E-state index in [4.69, 9.17) is 0 Å². The Balaban J connectivity index is 1.66. The SMILES string of the molecule is O=C1NCC(=O)N2C[C@@H](NS(=O)(=O)/C=C/c3ccccc3)C[C@@H]12. The molecule has 23 heavy (non-hydrogen) atoms. The minimum atomic E-state index is -3.64. The van der Waals surface area contributed by atoms with E-state index in [1.54, 1.807) is 12.1 Å². The van der Waals surface area contributed by atoms with Crippen LogP contribution in [0.5, 0.6) is 0 Å². The highest BCUT2D eigenvalue weighted by atomic mass is 32.2. The molecule has 0 bridgehead atoms. The van der Waals surface area contributed by atoms with Crippen LogP contribution in [-0.4, -0.2) is 50.3 Å². The third-order valence-electron chi connectivity index (χ3n) is 3.91. The Labute approximate surface area is 134 Å². The Kier molecular flexibility index (Phi) is 4.18. The first-order valence-corrected chi connectivity index (χ1v) is 8.82. The number of sulfonamides is 1. The van der Waals surface area contributed by atoms with Crippen molar-refractivity contribution >= 4 is 27.9 Å². The fourth-order valence-electron chi connectivity index (χ4n) is 2.83. The number of benzene rings is 1. The highest BCUT2D eigenvalue weighted by molar-refractivity contribution is 7.92. The quantitative estimate of drug-likeness (QED) is 0.788. The van der Waals surface area contributed by atoms with Crippen LogP contribution < -0.4 is 10.0 Å². The first-order valence-electron chi connectivity index (χ1n) is 7.27. The number of nitrogens with zero attached hydrogens (tertiary/aromatic N) is 1. The maximum atomic E-state index is 12.1. The Morgan fingerprint density at radius 1 is 1.22 bits per heavy atom. The van der Waals surface area contributed by atoms with Crippen LogP contribution in [0.1, 0.15) is 12.0 Å². The molecule has 0 aliphatic carbocycles. The summed E-state index contributed by atoms with van der Waals surface area (Å²) in [5.74, 6) is -0.415. The zero-order valence-corrected chi connectivity index (χ0v) is 13.1. The number of hydrogen-bond acceptors (Lipinski definition) is 4. The van der Waals surface area contributed by atoms with E-state index in [1.807, 2.05) is 18.2 Å². The number of piperazine rings is 1. The highest BCUT2D eigenvalue weighted by Gasteiger charge is 2.43. The molecule has 1 aromatic carbocycles. The van der Waals surface area contributed by atoms with Crippen LogP contribution in [0.25, 0.3) is 6.08 Å². The molecule has 8 heteroatoms. The zero-order chi connectivity index (χ0) is 16.4. The molecule has 2 fully saturated rings. The van der Waals surface area contributed by atoms with Gasteiger partial charge >= 0.3 is 0 Å². The summed E-state index contributed by atoms with van der Waals surface area (Å²) in [7, 11) is -3.64. The normalized spacial score (nSPS) is 24.8. The third-order valence-corrected chi connectivity index (χ3v) is 5.06. The summed E-state index contributed by atoms with van der Waals surface area (Å²) in [4.78, 5) is 24.9. The van der Waals surface area contributed by atoms with E-state index < -0.39 is 22.1 Å². The first-order chi connectivity index (χ1) is 10.9. The summed E-state index contributed by atoms with van der Waals surface area (Å²) in [5, 5.41) is 3.61. The molecule has 2 saturated heterocycles. The van der Waals surface area contributed by atoms with Crippen LogP contribution in [0.3, 0.4) is 0 Å². The number of rotatable bonds is 4. The van der Waals surface area contributed by atoms with E-state index in [2.05, 4.69) is 10.0 Å². The monoisotopic (exact) mass is 335 g/mol.